The summed E-state index contributed by atoms with van der Waals surface area (Å²) in [6.07, 6.45) is 9.37. The smallest absolute Gasteiger partial charge is 0.220 e. The molecule has 1 aromatic carbocycles. The second-order valence-electron chi connectivity index (χ2n) is 8.85. The van der Waals surface area contributed by atoms with Gasteiger partial charge in [-0.2, -0.15) is 0 Å². The van der Waals surface area contributed by atoms with Crippen molar-refractivity contribution in [3.05, 3.63) is 35.9 Å². The molecule has 0 aromatic heterocycles. The monoisotopic (exact) mass is 369 g/mol. The van der Waals surface area contributed by atoms with Crippen molar-refractivity contribution in [2.75, 3.05) is 26.2 Å². The van der Waals surface area contributed by atoms with E-state index in [1.54, 1.807) is 0 Å². The van der Waals surface area contributed by atoms with E-state index >= 15 is 0 Å². The fourth-order valence-corrected chi connectivity index (χ4v) is 4.75. The Morgan fingerprint density at radius 3 is 2.30 bits per heavy atom. The number of carbonyl (C=O) groups is 1. The van der Waals surface area contributed by atoms with Crippen LogP contribution in [0, 0.1) is 5.92 Å². The summed E-state index contributed by atoms with van der Waals surface area (Å²) in [5, 5.41) is 3.12. The lowest BCUT2D eigenvalue weighted by atomic mass is 9.90. The van der Waals surface area contributed by atoms with E-state index in [-0.39, 0.29) is 5.91 Å². The van der Waals surface area contributed by atoms with Crippen LogP contribution >= 0.6 is 0 Å². The molecule has 0 spiro atoms. The zero-order chi connectivity index (χ0) is 18.5. The Morgan fingerprint density at radius 1 is 0.926 bits per heavy atom. The highest BCUT2D eigenvalue weighted by Gasteiger charge is 2.29. The van der Waals surface area contributed by atoms with E-state index in [1.807, 2.05) is 0 Å². The van der Waals surface area contributed by atoms with Gasteiger partial charge in [0.05, 0.1) is 0 Å². The molecule has 1 N–H and O–H groups in total. The van der Waals surface area contributed by atoms with Crippen molar-refractivity contribution >= 4 is 5.91 Å². The highest BCUT2D eigenvalue weighted by Crippen LogP contribution is 2.27. The molecular weight excluding hydrogens is 334 g/mol. The zero-order valence-corrected chi connectivity index (χ0v) is 16.6. The van der Waals surface area contributed by atoms with E-state index in [0.717, 1.165) is 31.3 Å². The topological polar surface area (TPSA) is 35.6 Å². The minimum absolute atomic E-state index is 0.283. The zero-order valence-electron chi connectivity index (χ0n) is 16.6. The van der Waals surface area contributed by atoms with Crippen LogP contribution in [0.1, 0.15) is 56.9 Å². The first kappa shape index (κ1) is 18.9. The van der Waals surface area contributed by atoms with E-state index in [9.17, 15) is 4.79 Å². The minimum atomic E-state index is 0.283. The van der Waals surface area contributed by atoms with Crippen molar-refractivity contribution in [3.8, 4) is 0 Å². The molecule has 148 valence electrons. The molecule has 2 heterocycles. The lowest BCUT2D eigenvalue weighted by Crippen LogP contribution is -2.47. The molecule has 1 amide bonds. The van der Waals surface area contributed by atoms with Gasteiger partial charge in [-0.05, 0) is 82.6 Å². The fourth-order valence-electron chi connectivity index (χ4n) is 4.75. The van der Waals surface area contributed by atoms with E-state index in [2.05, 4.69) is 45.4 Å². The molecule has 1 aliphatic carbocycles. The normalized spacial score (nSPS) is 23.4. The fraction of sp³-hybridized carbons (Fsp3) is 0.696. The highest BCUT2D eigenvalue weighted by atomic mass is 16.1. The number of hydrogen-bond donors (Lipinski definition) is 1. The standard InChI is InChI=1S/C23H35N3O/c27-23(24-21-7-8-21)9-6-19-10-16-26(17-11-19)22-12-14-25(15-13-22)18-20-4-2-1-3-5-20/h1-5,19,21-22H,6-18H2,(H,24,27). The van der Waals surface area contributed by atoms with Crippen LogP contribution in [0.2, 0.25) is 0 Å². The number of benzene rings is 1. The highest BCUT2D eigenvalue weighted by molar-refractivity contribution is 5.76. The van der Waals surface area contributed by atoms with Crippen molar-refractivity contribution < 1.29 is 4.79 Å². The Labute approximate surface area is 164 Å². The molecule has 1 aromatic rings. The summed E-state index contributed by atoms with van der Waals surface area (Å²) >= 11 is 0. The summed E-state index contributed by atoms with van der Waals surface area (Å²) in [4.78, 5) is 17.2. The number of rotatable bonds is 7. The average molecular weight is 370 g/mol. The van der Waals surface area contributed by atoms with Crippen LogP contribution < -0.4 is 5.32 Å². The van der Waals surface area contributed by atoms with Gasteiger partial charge < -0.3 is 10.2 Å². The molecule has 1 saturated carbocycles. The summed E-state index contributed by atoms with van der Waals surface area (Å²) in [5.74, 6) is 1.04. The Hall–Kier alpha value is -1.39. The molecule has 0 unspecified atom stereocenters. The van der Waals surface area contributed by atoms with Crippen LogP contribution in [0.15, 0.2) is 30.3 Å². The Kier molecular flexibility index (Phi) is 6.46. The minimum Gasteiger partial charge on any atom is -0.353 e. The van der Waals surface area contributed by atoms with Crippen LogP contribution in [0.25, 0.3) is 0 Å². The maximum Gasteiger partial charge on any atom is 0.220 e. The third kappa shape index (κ3) is 5.79. The molecule has 4 heteroatoms. The largest absolute Gasteiger partial charge is 0.353 e. The quantitative estimate of drug-likeness (QED) is 0.800. The van der Waals surface area contributed by atoms with E-state index in [0.29, 0.717) is 6.04 Å². The molecule has 0 atom stereocenters. The van der Waals surface area contributed by atoms with Crippen LogP contribution in [-0.2, 0) is 11.3 Å². The Bertz CT molecular complexity index is 585. The summed E-state index contributed by atoms with van der Waals surface area (Å²) in [6.45, 7) is 6.01. The number of likely N-dealkylation sites (tertiary alicyclic amines) is 2. The predicted molar refractivity (Wildman–Crippen MR) is 109 cm³/mol. The van der Waals surface area contributed by atoms with Gasteiger partial charge in [0, 0.05) is 25.0 Å². The van der Waals surface area contributed by atoms with Gasteiger partial charge in [0.2, 0.25) is 5.91 Å². The number of piperidine rings is 2. The van der Waals surface area contributed by atoms with Gasteiger partial charge in [0.1, 0.15) is 0 Å². The molecule has 4 rings (SSSR count). The van der Waals surface area contributed by atoms with Crippen LogP contribution in [0.3, 0.4) is 0 Å². The molecule has 0 radical (unpaired) electrons. The Balaban J connectivity index is 1.12. The summed E-state index contributed by atoms with van der Waals surface area (Å²) in [6, 6.07) is 12.1. The van der Waals surface area contributed by atoms with Crippen LogP contribution in [0.4, 0.5) is 0 Å². The number of hydrogen-bond acceptors (Lipinski definition) is 3. The number of carbonyl (C=O) groups excluding carboxylic acids is 1. The Morgan fingerprint density at radius 2 is 1.63 bits per heavy atom. The van der Waals surface area contributed by atoms with E-state index in [4.69, 9.17) is 0 Å². The average Bonchev–Trinajstić information content (AvgIpc) is 3.52. The van der Waals surface area contributed by atoms with Crippen molar-refractivity contribution in [3.63, 3.8) is 0 Å². The lowest BCUT2D eigenvalue weighted by molar-refractivity contribution is -0.121. The van der Waals surface area contributed by atoms with Crippen LogP contribution in [-0.4, -0.2) is 54.0 Å². The molecule has 3 fully saturated rings. The maximum atomic E-state index is 11.9. The molecule has 3 aliphatic rings. The lowest BCUT2D eigenvalue weighted by Gasteiger charge is -2.42. The molecule has 4 nitrogen and oxygen atoms in total. The summed E-state index contributed by atoms with van der Waals surface area (Å²) in [7, 11) is 0. The van der Waals surface area contributed by atoms with Gasteiger partial charge in [-0.15, -0.1) is 0 Å². The van der Waals surface area contributed by atoms with Gasteiger partial charge in [-0.1, -0.05) is 30.3 Å². The first-order chi connectivity index (χ1) is 13.3. The van der Waals surface area contributed by atoms with Gasteiger partial charge in [-0.25, -0.2) is 0 Å². The second kappa shape index (κ2) is 9.20. The van der Waals surface area contributed by atoms with Gasteiger partial charge in [0.25, 0.3) is 0 Å². The van der Waals surface area contributed by atoms with Gasteiger partial charge in [-0.3, -0.25) is 9.69 Å². The van der Waals surface area contributed by atoms with E-state index in [1.165, 1.54) is 70.3 Å². The predicted octanol–water partition coefficient (Wildman–Crippen LogP) is 3.42. The van der Waals surface area contributed by atoms with E-state index < -0.39 is 0 Å². The SMILES string of the molecule is O=C(CCC1CCN(C2CCN(Cc3ccccc3)CC2)CC1)NC1CC1. The first-order valence-electron chi connectivity index (χ1n) is 11.1. The van der Waals surface area contributed by atoms with Crippen molar-refractivity contribution in [2.45, 2.75) is 70.0 Å². The number of amides is 1. The van der Waals surface area contributed by atoms with Gasteiger partial charge in [0.15, 0.2) is 0 Å². The summed E-state index contributed by atoms with van der Waals surface area (Å²) < 4.78 is 0. The first-order valence-corrected chi connectivity index (χ1v) is 11.1. The third-order valence-corrected chi connectivity index (χ3v) is 6.69. The molecular formula is C23H35N3O. The summed E-state index contributed by atoms with van der Waals surface area (Å²) in [5.41, 5.74) is 1.43. The number of nitrogens with one attached hydrogen (secondary N) is 1. The van der Waals surface area contributed by atoms with Crippen molar-refractivity contribution in [1.29, 1.82) is 0 Å². The molecule has 2 aliphatic heterocycles. The molecule has 27 heavy (non-hydrogen) atoms. The van der Waals surface area contributed by atoms with Crippen molar-refractivity contribution in [1.82, 2.24) is 15.1 Å². The van der Waals surface area contributed by atoms with Gasteiger partial charge >= 0.3 is 0 Å². The third-order valence-electron chi connectivity index (χ3n) is 6.69. The van der Waals surface area contributed by atoms with Crippen molar-refractivity contribution in [2.24, 2.45) is 5.92 Å². The second-order valence-corrected chi connectivity index (χ2v) is 8.85. The molecule has 0 bridgehead atoms. The maximum absolute atomic E-state index is 11.9. The molecule has 2 saturated heterocycles. The number of nitrogens with zero attached hydrogens (tertiary/aromatic N) is 2. The van der Waals surface area contributed by atoms with Crippen LogP contribution in [0.5, 0.6) is 0 Å².